The minimum atomic E-state index is -0.188. The molecule has 1 aliphatic heterocycles. The highest BCUT2D eigenvalue weighted by atomic mass is 35.5. The molecular weight excluding hydrogens is 394 g/mol. The third-order valence-electron chi connectivity index (χ3n) is 5.30. The SMILES string of the molecule is Cc1ccc(NC(=O)c2ccnc(Cl)c2)c(C2=CCN(Cc3ccccc3)CC2)c1. The molecule has 0 radical (unpaired) electrons. The molecule has 2 aromatic carbocycles. The number of amides is 1. The van der Waals surface area contributed by atoms with Crippen molar-refractivity contribution < 1.29 is 4.79 Å². The molecule has 4 rings (SSSR count). The molecule has 1 aromatic heterocycles. The predicted octanol–water partition coefficient (Wildman–Crippen LogP) is 5.59. The molecule has 0 fully saturated rings. The summed E-state index contributed by atoms with van der Waals surface area (Å²) < 4.78 is 0. The van der Waals surface area contributed by atoms with Gasteiger partial charge in [0.1, 0.15) is 5.15 Å². The first-order chi connectivity index (χ1) is 14.6. The van der Waals surface area contributed by atoms with Crippen LogP contribution in [-0.4, -0.2) is 28.9 Å². The number of aryl methyl sites for hydroxylation is 1. The highest BCUT2D eigenvalue weighted by molar-refractivity contribution is 6.29. The second-order valence-corrected chi connectivity index (χ2v) is 7.96. The van der Waals surface area contributed by atoms with Crippen LogP contribution >= 0.6 is 11.6 Å². The number of rotatable bonds is 5. The van der Waals surface area contributed by atoms with E-state index in [1.807, 2.05) is 18.2 Å². The number of hydrogen-bond donors (Lipinski definition) is 1. The molecule has 3 aromatic rings. The molecule has 4 nitrogen and oxygen atoms in total. The van der Waals surface area contributed by atoms with Crippen molar-refractivity contribution in [3.05, 3.63) is 100 Å². The van der Waals surface area contributed by atoms with Crippen LogP contribution in [0.3, 0.4) is 0 Å². The molecule has 152 valence electrons. The minimum Gasteiger partial charge on any atom is -0.321 e. The summed E-state index contributed by atoms with van der Waals surface area (Å²) in [5, 5.41) is 3.36. The summed E-state index contributed by atoms with van der Waals surface area (Å²) in [5.74, 6) is -0.188. The Morgan fingerprint density at radius 3 is 2.70 bits per heavy atom. The monoisotopic (exact) mass is 417 g/mol. The molecule has 0 aliphatic carbocycles. The van der Waals surface area contributed by atoms with E-state index in [-0.39, 0.29) is 5.91 Å². The van der Waals surface area contributed by atoms with Gasteiger partial charge in [0, 0.05) is 42.6 Å². The van der Waals surface area contributed by atoms with E-state index in [0.29, 0.717) is 10.7 Å². The zero-order valence-corrected chi connectivity index (χ0v) is 17.7. The van der Waals surface area contributed by atoms with Crippen LogP contribution in [0, 0.1) is 6.92 Å². The smallest absolute Gasteiger partial charge is 0.255 e. The Morgan fingerprint density at radius 2 is 1.97 bits per heavy atom. The first kappa shape index (κ1) is 20.3. The van der Waals surface area contributed by atoms with E-state index in [4.69, 9.17) is 11.6 Å². The maximum atomic E-state index is 12.7. The lowest BCUT2D eigenvalue weighted by Crippen LogP contribution is -2.28. The quantitative estimate of drug-likeness (QED) is 0.551. The van der Waals surface area contributed by atoms with Crippen LogP contribution in [-0.2, 0) is 6.54 Å². The highest BCUT2D eigenvalue weighted by Crippen LogP contribution is 2.30. The number of pyridine rings is 1. The van der Waals surface area contributed by atoms with Crippen LogP contribution in [0.4, 0.5) is 5.69 Å². The van der Waals surface area contributed by atoms with Crippen molar-refractivity contribution in [2.75, 3.05) is 18.4 Å². The Kier molecular flexibility index (Phi) is 6.26. The minimum absolute atomic E-state index is 0.188. The average Bonchev–Trinajstić information content (AvgIpc) is 2.76. The zero-order valence-electron chi connectivity index (χ0n) is 16.9. The summed E-state index contributed by atoms with van der Waals surface area (Å²) in [7, 11) is 0. The third kappa shape index (κ3) is 4.96. The summed E-state index contributed by atoms with van der Waals surface area (Å²) in [6.07, 6.45) is 4.76. The zero-order chi connectivity index (χ0) is 20.9. The first-order valence-electron chi connectivity index (χ1n) is 10.1. The van der Waals surface area contributed by atoms with E-state index in [1.165, 1.54) is 22.9 Å². The van der Waals surface area contributed by atoms with Gasteiger partial charge >= 0.3 is 0 Å². The predicted molar refractivity (Wildman–Crippen MR) is 123 cm³/mol. The fourth-order valence-electron chi connectivity index (χ4n) is 3.71. The van der Waals surface area contributed by atoms with E-state index in [1.54, 1.807) is 12.1 Å². The van der Waals surface area contributed by atoms with Crippen LogP contribution in [0.15, 0.2) is 72.9 Å². The van der Waals surface area contributed by atoms with Crippen molar-refractivity contribution in [3.8, 4) is 0 Å². The Bertz CT molecular complexity index is 1080. The Morgan fingerprint density at radius 1 is 1.13 bits per heavy atom. The average molecular weight is 418 g/mol. The largest absolute Gasteiger partial charge is 0.321 e. The van der Waals surface area contributed by atoms with Gasteiger partial charge in [0.25, 0.3) is 5.91 Å². The molecule has 0 saturated heterocycles. The van der Waals surface area contributed by atoms with Crippen LogP contribution in [0.5, 0.6) is 0 Å². The molecule has 0 unspecified atom stereocenters. The molecule has 30 heavy (non-hydrogen) atoms. The lowest BCUT2D eigenvalue weighted by molar-refractivity contribution is 0.102. The molecule has 0 bridgehead atoms. The van der Waals surface area contributed by atoms with Gasteiger partial charge in [-0.1, -0.05) is 59.6 Å². The van der Waals surface area contributed by atoms with Gasteiger partial charge in [0.15, 0.2) is 0 Å². The van der Waals surface area contributed by atoms with Gasteiger partial charge in [0.2, 0.25) is 0 Å². The number of carbonyl (C=O) groups excluding carboxylic acids is 1. The van der Waals surface area contributed by atoms with E-state index in [2.05, 4.69) is 58.5 Å². The van der Waals surface area contributed by atoms with E-state index in [0.717, 1.165) is 37.3 Å². The molecule has 0 atom stereocenters. The van der Waals surface area contributed by atoms with Crippen molar-refractivity contribution >= 4 is 28.8 Å². The molecule has 5 heteroatoms. The number of nitrogens with zero attached hydrogens (tertiary/aromatic N) is 2. The first-order valence-corrected chi connectivity index (χ1v) is 10.5. The van der Waals surface area contributed by atoms with Crippen molar-refractivity contribution in [1.29, 1.82) is 0 Å². The van der Waals surface area contributed by atoms with E-state index >= 15 is 0 Å². The molecule has 1 aliphatic rings. The van der Waals surface area contributed by atoms with Crippen LogP contribution in [0.2, 0.25) is 5.15 Å². The number of nitrogens with one attached hydrogen (secondary N) is 1. The summed E-state index contributed by atoms with van der Waals surface area (Å²) >= 11 is 5.93. The van der Waals surface area contributed by atoms with Gasteiger partial charge in [-0.05, 0) is 48.7 Å². The van der Waals surface area contributed by atoms with Gasteiger partial charge in [-0.2, -0.15) is 0 Å². The second kappa shape index (κ2) is 9.24. The van der Waals surface area contributed by atoms with Crippen molar-refractivity contribution in [2.24, 2.45) is 0 Å². The summed E-state index contributed by atoms with van der Waals surface area (Å²) in [5.41, 5.74) is 6.17. The van der Waals surface area contributed by atoms with Gasteiger partial charge in [-0.25, -0.2) is 4.98 Å². The number of anilines is 1. The van der Waals surface area contributed by atoms with Gasteiger partial charge in [-0.15, -0.1) is 0 Å². The number of halogens is 1. The van der Waals surface area contributed by atoms with Gasteiger partial charge in [-0.3, -0.25) is 9.69 Å². The Balaban J connectivity index is 1.51. The number of aromatic nitrogens is 1. The lowest BCUT2D eigenvalue weighted by Gasteiger charge is -2.27. The van der Waals surface area contributed by atoms with Crippen molar-refractivity contribution in [3.63, 3.8) is 0 Å². The van der Waals surface area contributed by atoms with Crippen LogP contribution in [0.25, 0.3) is 5.57 Å². The Hall–Kier alpha value is -2.95. The number of benzene rings is 2. The van der Waals surface area contributed by atoms with Gasteiger partial charge in [0.05, 0.1) is 0 Å². The molecule has 1 N–H and O–H groups in total. The van der Waals surface area contributed by atoms with E-state index in [9.17, 15) is 4.79 Å². The maximum absolute atomic E-state index is 12.7. The van der Waals surface area contributed by atoms with Gasteiger partial charge < -0.3 is 5.32 Å². The molecule has 0 spiro atoms. The molecule has 2 heterocycles. The Labute approximate surface area is 182 Å². The van der Waals surface area contributed by atoms with E-state index < -0.39 is 0 Å². The lowest BCUT2D eigenvalue weighted by atomic mass is 9.95. The van der Waals surface area contributed by atoms with Crippen molar-refractivity contribution in [1.82, 2.24) is 9.88 Å². The second-order valence-electron chi connectivity index (χ2n) is 7.57. The molecule has 1 amide bonds. The summed E-state index contributed by atoms with van der Waals surface area (Å²) in [4.78, 5) is 19.1. The number of carbonyl (C=O) groups is 1. The van der Waals surface area contributed by atoms with Crippen LogP contribution < -0.4 is 5.32 Å². The third-order valence-corrected chi connectivity index (χ3v) is 5.51. The fraction of sp³-hybridized carbons (Fsp3) is 0.200. The van der Waals surface area contributed by atoms with Crippen LogP contribution in [0.1, 0.15) is 33.5 Å². The highest BCUT2D eigenvalue weighted by Gasteiger charge is 2.17. The number of hydrogen-bond acceptors (Lipinski definition) is 3. The standard InChI is InChI=1S/C25H24ClN3O/c1-18-7-8-23(28-25(30)21-9-12-27-24(26)16-21)22(15-18)20-10-13-29(14-11-20)17-19-5-3-2-4-6-19/h2-10,12,15-16H,11,13-14,17H2,1H3,(H,28,30). The summed E-state index contributed by atoms with van der Waals surface area (Å²) in [6.45, 7) is 4.90. The summed E-state index contributed by atoms with van der Waals surface area (Å²) in [6, 6.07) is 19.9. The molecular formula is C25H24ClN3O. The van der Waals surface area contributed by atoms with Crippen molar-refractivity contribution in [2.45, 2.75) is 19.9 Å². The fourth-order valence-corrected chi connectivity index (χ4v) is 3.89. The normalized spacial score (nSPS) is 14.3. The maximum Gasteiger partial charge on any atom is 0.255 e. The molecule has 0 saturated carbocycles. The topological polar surface area (TPSA) is 45.2 Å².